The minimum absolute atomic E-state index is 0.218. The highest BCUT2D eigenvalue weighted by molar-refractivity contribution is 6.39. The molecular formula is C21H16Cl2N2O5. The normalized spacial score (nSPS) is 15.2. The first kappa shape index (κ1) is 21.4. The van der Waals surface area contributed by atoms with Crippen LogP contribution in [0.3, 0.4) is 0 Å². The van der Waals surface area contributed by atoms with E-state index in [0.717, 1.165) is 4.90 Å². The van der Waals surface area contributed by atoms with Gasteiger partial charge in [-0.1, -0.05) is 35.9 Å². The number of hydrogen-bond donors (Lipinski definition) is 1. The molecule has 9 heteroatoms. The molecule has 0 radical (unpaired) electrons. The van der Waals surface area contributed by atoms with Crippen molar-refractivity contribution in [3.05, 3.63) is 70.2 Å². The summed E-state index contributed by atoms with van der Waals surface area (Å²) < 4.78 is 10.8. The molecular weight excluding hydrogens is 431 g/mol. The Morgan fingerprint density at radius 2 is 1.83 bits per heavy atom. The molecule has 7 nitrogen and oxygen atoms in total. The predicted octanol–water partition coefficient (Wildman–Crippen LogP) is 4.23. The third kappa shape index (κ3) is 4.32. The van der Waals surface area contributed by atoms with Gasteiger partial charge >= 0.3 is 6.03 Å². The monoisotopic (exact) mass is 446 g/mol. The second kappa shape index (κ2) is 9.02. The molecule has 4 amide bonds. The smallest absolute Gasteiger partial charge is 0.335 e. The van der Waals surface area contributed by atoms with Crippen LogP contribution < -0.4 is 19.7 Å². The SMILES string of the molecule is C=CCOc1c(Cl)cc(/C=C2\C(=O)NC(=O)N(c3ccc(Cl)cc3)C2=O)cc1OC. The first-order valence-electron chi connectivity index (χ1n) is 8.64. The molecule has 1 fully saturated rings. The number of carbonyl (C=O) groups is 3. The summed E-state index contributed by atoms with van der Waals surface area (Å²) in [5.74, 6) is -0.991. The van der Waals surface area contributed by atoms with E-state index in [-0.39, 0.29) is 22.9 Å². The fourth-order valence-corrected chi connectivity index (χ4v) is 3.15. The number of rotatable bonds is 6. The van der Waals surface area contributed by atoms with Crippen LogP contribution >= 0.6 is 23.2 Å². The van der Waals surface area contributed by atoms with Crippen molar-refractivity contribution in [2.24, 2.45) is 0 Å². The second-order valence-corrected chi connectivity index (χ2v) is 6.91. The van der Waals surface area contributed by atoms with Gasteiger partial charge in [-0.05, 0) is 48.0 Å². The highest BCUT2D eigenvalue weighted by Crippen LogP contribution is 2.37. The summed E-state index contributed by atoms with van der Waals surface area (Å²) >= 11 is 12.1. The number of carbonyl (C=O) groups excluding carboxylic acids is 3. The molecule has 154 valence electrons. The van der Waals surface area contributed by atoms with Crippen molar-refractivity contribution in [1.29, 1.82) is 0 Å². The molecule has 0 saturated carbocycles. The summed E-state index contributed by atoms with van der Waals surface area (Å²) in [6.45, 7) is 3.79. The molecule has 3 rings (SSSR count). The number of ether oxygens (including phenoxy) is 2. The van der Waals surface area contributed by atoms with Gasteiger partial charge < -0.3 is 9.47 Å². The minimum atomic E-state index is -0.853. The maximum atomic E-state index is 12.9. The molecule has 2 aromatic carbocycles. The zero-order valence-corrected chi connectivity index (χ0v) is 17.3. The summed E-state index contributed by atoms with van der Waals surface area (Å²) in [7, 11) is 1.43. The molecule has 0 spiro atoms. The minimum Gasteiger partial charge on any atom is -0.493 e. The Hall–Kier alpha value is -3.29. The Bertz CT molecular complexity index is 1060. The molecule has 1 N–H and O–H groups in total. The summed E-state index contributed by atoms with van der Waals surface area (Å²) in [5.41, 5.74) is 0.429. The number of hydrogen-bond acceptors (Lipinski definition) is 5. The van der Waals surface area contributed by atoms with Gasteiger partial charge in [0.2, 0.25) is 0 Å². The van der Waals surface area contributed by atoms with Crippen LogP contribution in [0.5, 0.6) is 11.5 Å². The van der Waals surface area contributed by atoms with Gasteiger partial charge in [0.25, 0.3) is 11.8 Å². The molecule has 1 saturated heterocycles. The number of imide groups is 2. The van der Waals surface area contributed by atoms with E-state index in [1.165, 1.54) is 43.5 Å². The Kier molecular flexibility index (Phi) is 6.44. The van der Waals surface area contributed by atoms with Crippen LogP contribution in [-0.2, 0) is 9.59 Å². The third-order valence-electron chi connectivity index (χ3n) is 4.09. The van der Waals surface area contributed by atoms with Crippen molar-refractivity contribution >= 4 is 52.8 Å². The number of benzene rings is 2. The molecule has 0 unspecified atom stereocenters. The second-order valence-electron chi connectivity index (χ2n) is 6.07. The largest absolute Gasteiger partial charge is 0.493 e. The fourth-order valence-electron chi connectivity index (χ4n) is 2.75. The van der Waals surface area contributed by atoms with Gasteiger partial charge in [0, 0.05) is 5.02 Å². The van der Waals surface area contributed by atoms with Crippen LogP contribution in [0.4, 0.5) is 10.5 Å². The first-order chi connectivity index (χ1) is 14.3. The van der Waals surface area contributed by atoms with Crippen LogP contribution in [0.15, 0.2) is 54.6 Å². The maximum absolute atomic E-state index is 12.9. The molecule has 1 heterocycles. The van der Waals surface area contributed by atoms with E-state index >= 15 is 0 Å². The summed E-state index contributed by atoms with van der Waals surface area (Å²) in [6, 6.07) is 8.28. The van der Waals surface area contributed by atoms with Crippen molar-refractivity contribution in [1.82, 2.24) is 5.32 Å². The van der Waals surface area contributed by atoms with E-state index in [0.29, 0.717) is 22.1 Å². The maximum Gasteiger partial charge on any atom is 0.335 e. The number of nitrogens with zero attached hydrogens (tertiary/aromatic N) is 1. The number of nitrogens with one attached hydrogen (secondary N) is 1. The summed E-state index contributed by atoms with van der Waals surface area (Å²) in [4.78, 5) is 38.4. The van der Waals surface area contributed by atoms with Gasteiger partial charge in [-0.2, -0.15) is 0 Å². The lowest BCUT2D eigenvalue weighted by Crippen LogP contribution is -2.54. The van der Waals surface area contributed by atoms with Crippen LogP contribution in [0.1, 0.15) is 5.56 Å². The van der Waals surface area contributed by atoms with Crippen LogP contribution in [-0.4, -0.2) is 31.6 Å². The van der Waals surface area contributed by atoms with Crippen molar-refractivity contribution in [3.8, 4) is 11.5 Å². The van der Waals surface area contributed by atoms with Crippen molar-refractivity contribution in [2.45, 2.75) is 0 Å². The van der Waals surface area contributed by atoms with Gasteiger partial charge in [0.05, 0.1) is 17.8 Å². The Balaban J connectivity index is 2.01. The molecule has 0 aliphatic carbocycles. The summed E-state index contributed by atoms with van der Waals surface area (Å²) in [6.07, 6.45) is 2.87. The highest BCUT2D eigenvalue weighted by atomic mass is 35.5. The molecule has 1 aliphatic heterocycles. The van der Waals surface area contributed by atoms with Crippen LogP contribution in [0.2, 0.25) is 10.0 Å². The van der Waals surface area contributed by atoms with Crippen molar-refractivity contribution in [2.75, 3.05) is 18.6 Å². The Labute approximate surface area is 182 Å². The zero-order chi connectivity index (χ0) is 21.8. The lowest BCUT2D eigenvalue weighted by atomic mass is 10.1. The third-order valence-corrected chi connectivity index (χ3v) is 4.63. The Morgan fingerprint density at radius 3 is 2.47 bits per heavy atom. The zero-order valence-electron chi connectivity index (χ0n) is 15.8. The van der Waals surface area contributed by atoms with E-state index < -0.39 is 17.8 Å². The van der Waals surface area contributed by atoms with Gasteiger partial charge in [-0.15, -0.1) is 0 Å². The highest BCUT2D eigenvalue weighted by Gasteiger charge is 2.36. The molecule has 0 atom stereocenters. The fraction of sp³-hybridized carbons (Fsp3) is 0.0952. The number of amides is 4. The number of barbiturate groups is 1. The van der Waals surface area contributed by atoms with Crippen LogP contribution in [0, 0.1) is 0 Å². The van der Waals surface area contributed by atoms with Crippen molar-refractivity contribution in [3.63, 3.8) is 0 Å². The summed E-state index contributed by atoms with van der Waals surface area (Å²) in [5, 5.41) is 2.81. The first-order valence-corrected chi connectivity index (χ1v) is 9.39. The van der Waals surface area contributed by atoms with E-state index in [2.05, 4.69) is 11.9 Å². The van der Waals surface area contributed by atoms with Gasteiger partial charge in [0.1, 0.15) is 12.2 Å². The lowest BCUT2D eigenvalue weighted by molar-refractivity contribution is -0.122. The quantitative estimate of drug-likeness (QED) is 0.407. The van der Waals surface area contributed by atoms with E-state index in [4.69, 9.17) is 32.7 Å². The Morgan fingerprint density at radius 1 is 1.13 bits per heavy atom. The predicted molar refractivity (Wildman–Crippen MR) is 114 cm³/mol. The number of methoxy groups -OCH3 is 1. The molecule has 0 aromatic heterocycles. The van der Waals surface area contributed by atoms with Gasteiger partial charge in [-0.3, -0.25) is 14.9 Å². The molecule has 2 aromatic rings. The van der Waals surface area contributed by atoms with E-state index in [1.807, 2.05) is 0 Å². The number of anilines is 1. The van der Waals surface area contributed by atoms with Crippen LogP contribution in [0.25, 0.3) is 6.08 Å². The lowest BCUT2D eigenvalue weighted by Gasteiger charge is -2.26. The average molecular weight is 447 g/mol. The van der Waals surface area contributed by atoms with Gasteiger partial charge in [-0.25, -0.2) is 9.69 Å². The molecule has 1 aliphatic rings. The molecule has 30 heavy (non-hydrogen) atoms. The van der Waals surface area contributed by atoms with E-state index in [9.17, 15) is 14.4 Å². The van der Waals surface area contributed by atoms with Crippen molar-refractivity contribution < 1.29 is 23.9 Å². The number of halogens is 2. The number of urea groups is 1. The van der Waals surface area contributed by atoms with Gasteiger partial charge in [0.15, 0.2) is 11.5 Å². The molecule has 0 bridgehead atoms. The van der Waals surface area contributed by atoms with E-state index in [1.54, 1.807) is 12.1 Å². The topological polar surface area (TPSA) is 84.9 Å². The average Bonchev–Trinajstić information content (AvgIpc) is 2.71. The standard InChI is InChI=1S/C21H16Cl2N2O5/c1-3-8-30-18-16(23)10-12(11-17(18)29-2)9-15-19(26)24-21(28)25(20(15)27)14-6-4-13(22)5-7-14/h3-7,9-11H,1,8H2,2H3,(H,24,26,28)/b15-9+.